The molecule has 0 amide bonds. The summed E-state index contributed by atoms with van der Waals surface area (Å²) in [5.41, 5.74) is 6.50. The average molecular weight is 241 g/mol. The predicted molar refractivity (Wildman–Crippen MR) is 73.5 cm³/mol. The fourth-order valence-corrected chi connectivity index (χ4v) is 2.78. The molecule has 0 saturated heterocycles. The lowest BCUT2D eigenvalue weighted by atomic mass is 9.91. The van der Waals surface area contributed by atoms with Crippen molar-refractivity contribution in [1.29, 1.82) is 0 Å². The fourth-order valence-electron chi connectivity index (χ4n) is 2.78. The third-order valence-electron chi connectivity index (χ3n) is 4.13. The van der Waals surface area contributed by atoms with Gasteiger partial charge in [-0.05, 0) is 44.0 Å². The van der Waals surface area contributed by atoms with Gasteiger partial charge in [0.2, 0.25) is 0 Å². The number of aryl methyl sites for hydroxylation is 1. The van der Waals surface area contributed by atoms with Gasteiger partial charge in [0, 0.05) is 24.3 Å². The van der Waals surface area contributed by atoms with Crippen LogP contribution in [0.1, 0.15) is 29.8 Å². The number of aromatic amines is 1. The fraction of sp³-hybridized carbons (Fsp3) is 0.400. The van der Waals surface area contributed by atoms with E-state index in [-0.39, 0.29) is 0 Å². The van der Waals surface area contributed by atoms with E-state index in [1.807, 2.05) is 13.1 Å². The van der Waals surface area contributed by atoms with Gasteiger partial charge in [0.05, 0.1) is 5.69 Å². The van der Waals surface area contributed by atoms with Crippen LogP contribution in [0.15, 0.2) is 24.4 Å². The first-order valence-electron chi connectivity index (χ1n) is 6.50. The van der Waals surface area contributed by atoms with Crippen LogP contribution in [0.5, 0.6) is 0 Å². The van der Waals surface area contributed by atoms with E-state index in [0.29, 0.717) is 6.04 Å². The summed E-state index contributed by atoms with van der Waals surface area (Å²) in [6.07, 6.45) is 3.12. The van der Waals surface area contributed by atoms with E-state index in [4.69, 9.17) is 0 Å². The molecule has 18 heavy (non-hydrogen) atoms. The monoisotopic (exact) mass is 241 g/mol. The highest BCUT2D eigenvalue weighted by atomic mass is 15.1. The van der Waals surface area contributed by atoms with Crippen LogP contribution in [0.3, 0.4) is 0 Å². The number of nitrogens with zero attached hydrogens (tertiary/aromatic N) is 2. The predicted octanol–water partition coefficient (Wildman–Crippen LogP) is 2.93. The maximum Gasteiger partial charge on any atom is 0.0669 e. The van der Waals surface area contributed by atoms with Crippen molar-refractivity contribution in [1.82, 2.24) is 15.1 Å². The number of hydrogen-bond donors (Lipinski definition) is 1. The summed E-state index contributed by atoms with van der Waals surface area (Å²) < 4.78 is 0. The highest BCUT2D eigenvalue weighted by molar-refractivity contribution is 5.66. The topological polar surface area (TPSA) is 31.9 Å². The number of hydrogen-bond acceptors (Lipinski definition) is 2. The Balaban J connectivity index is 2.05. The van der Waals surface area contributed by atoms with Crippen LogP contribution in [-0.2, 0) is 6.42 Å². The van der Waals surface area contributed by atoms with Crippen LogP contribution in [0.25, 0.3) is 11.1 Å². The standard InChI is InChI=1S/C15H19N3/c1-10-15(9-16-17-10)12-4-5-14-11(2)18(3)7-6-13(14)8-12/h4-5,8-9,11H,6-7H2,1-3H3,(H,16,17). The minimum absolute atomic E-state index is 0.522. The molecule has 1 aromatic heterocycles. The van der Waals surface area contributed by atoms with Crippen molar-refractivity contribution in [2.75, 3.05) is 13.6 Å². The summed E-state index contributed by atoms with van der Waals surface area (Å²) in [7, 11) is 2.20. The van der Waals surface area contributed by atoms with Crippen LogP contribution in [0.4, 0.5) is 0 Å². The van der Waals surface area contributed by atoms with Gasteiger partial charge in [-0.2, -0.15) is 5.10 Å². The van der Waals surface area contributed by atoms with Crippen molar-refractivity contribution < 1.29 is 0 Å². The van der Waals surface area contributed by atoms with Gasteiger partial charge in [0.1, 0.15) is 0 Å². The Labute approximate surface area is 108 Å². The molecule has 2 heterocycles. The van der Waals surface area contributed by atoms with E-state index in [0.717, 1.165) is 18.7 Å². The number of H-pyrrole nitrogens is 1. The van der Waals surface area contributed by atoms with Gasteiger partial charge in [-0.25, -0.2) is 0 Å². The second-order valence-corrected chi connectivity index (χ2v) is 5.20. The van der Waals surface area contributed by atoms with E-state index in [9.17, 15) is 0 Å². The van der Waals surface area contributed by atoms with Gasteiger partial charge in [-0.1, -0.05) is 18.2 Å². The summed E-state index contributed by atoms with van der Waals surface area (Å²) in [4.78, 5) is 2.41. The zero-order valence-corrected chi connectivity index (χ0v) is 11.2. The highest BCUT2D eigenvalue weighted by Gasteiger charge is 2.21. The minimum Gasteiger partial charge on any atom is -0.299 e. The molecule has 1 aliphatic rings. The molecule has 0 saturated carbocycles. The van der Waals surface area contributed by atoms with Crippen LogP contribution in [0, 0.1) is 6.92 Å². The average Bonchev–Trinajstić information content (AvgIpc) is 2.80. The summed E-state index contributed by atoms with van der Waals surface area (Å²) in [6.45, 7) is 5.46. The quantitative estimate of drug-likeness (QED) is 0.832. The Bertz CT molecular complexity index is 571. The molecule has 0 spiro atoms. The molecule has 94 valence electrons. The molecular weight excluding hydrogens is 222 g/mol. The Morgan fingerprint density at radius 3 is 2.94 bits per heavy atom. The van der Waals surface area contributed by atoms with Gasteiger partial charge in [0.25, 0.3) is 0 Å². The van der Waals surface area contributed by atoms with E-state index in [1.165, 1.54) is 22.3 Å². The van der Waals surface area contributed by atoms with E-state index in [2.05, 4.69) is 47.3 Å². The van der Waals surface area contributed by atoms with Crippen molar-refractivity contribution in [2.45, 2.75) is 26.3 Å². The second-order valence-electron chi connectivity index (χ2n) is 5.20. The highest BCUT2D eigenvalue weighted by Crippen LogP contribution is 2.32. The Morgan fingerprint density at radius 1 is 1.39 bits per heavy atom. The first-order valence-corrected chi connectivity index (χ1v) is 6.50. The maximum absolute atomic E-state index is 4.20. The van der Waals surface area contributed by atoms with Crippen molar-refractivity contribution in [3.05, 3.63) is 41.2 Å². The summed E-state index contributed by atoms with van der Waals surface area (Å²) in [5.74, 6) is 0. The Morgan fingerprint density at radius 2 is 2.22 bits per heavy atom. The first-order chi connectivity index (χ1) is 8.66. The maximum atomic E-state index is 4.20. The number of aromatic nitrogens is 2. The molecule has 0 fully saturated rings. The lowest BCUT2D eigenvalue weighted by molar-refractivity contribution is 0.247. The van der Waals surface area contributed by atoms with Crippen molar-refractivity contribution in [3.8, 4) is 11.1 Å². The smallest absolute Gasteiger partial charge is 0.0669 e. The molecule has 3 heteroatoms. The summed E-state index contributed by atoms with van der Waals surface area (Å²) in [6, 6.07) is 7.34. The minimum atomic E-state index is 0.522. The second kappa shape index (κ2) is 4.25. The molecule has 1 aliphatic heterocycles. The van der Waals surface area contributed by atoms with Gasteiger partial charge in [0.15, 0.2) is 0 Å². The first kappa shape index (κ1) is 11.5. The van der Waals surface area contributed by atoms with Crippen molar-refractivity contribution in [2.24, 2.45) is 0 Å². The molecule has 1 aromatic carbocycles. The molecule has 1 unspecified atom stereocenters. The van der Waals surface area contributed by atoms with Gasteiger partial charge in [-0.3, -0.25) is 10.00 Å². The number of fused-ring (bicyclic) bond motifs is 1. The molecule has 0 bridgehead atoms. The number of rotatable bonds is 1. The van der Waals surface area contributed by atoms with E-state index < -0.39 is 0 Å². The van der Waals surface area contributed by atoms with Gasteiger partial charge < -0.3 is 0 Å². The number of benzene rings is 1. The zero-order valence-electron chi connectivity index (χ0n) is 11.2. The SMILES string of the molecule is Cc1n[nH]cc1-c1ccc2c(c1)CCN(C)C2C. The van der Waals surface area contributed by atoms with Crippen molar-refractivity contribution >= 4 is 0 Å². The molecular formula is C15H19N3. The molecule has 3 nitrogen and oxygen atoms in total. The normalized spacial score (nSPS) is 19.8. The van der Waals surface area contributed by atoms with Crippen molar-refractivity contribution in [3.63, 3.8) is 0 Å². The van der Waals surface area contributed by atoms with Crippen LogP contribution >= 0.6 is 0 Å². The van der Waals surface area contributed by atoms with Gasteiger partial charge in [-0.15, -0.1) is 0 Å². The molecule has 0 aliphatic carbocycles. The molecule has 1 atom stereocenters. The third-order valence-corrected chi connectivity index (χ3v) is 4.13. The molecule has 2 aromatic rings. The largest absolute Gasteiger partial charge is 0.299 e. The van der Waals surface area contributed by atoms with Crippen LogP contribution in [-0.4, -0.2) is 28.7 Å². The molecule has 1 N–H and O–H groups in total. The zero-order chi connectivity index (χ0) is 12.7. The number of nitrogens with one attached hydrogen (secondary N) is 1. The van der Waals surface area contributed by atoms with Crippen LogP contribution < -0.4 is 0 Å². The van der Waals surface area contributed by atoms with Gasteiger partial charge >= 0.3 is 0 Å². The lowest BCUT2D eigenvalue weighted by Crippen LogP contribution is -2.30. The lowest BCUT2D eigenvalue weighted by Gasteiger charge is -2.32. The van der Waals surface area contributed by atoms with E-state index in [1.54, 1.807) is 0 Å². The summed E-state index contributed by atoms with van der Waals surface area (Å²) in [5, 5.41) is 7.13. The van der Waals surface area contributed by atoms with Crippen LogP contribution in [0.2, 0.25) is 0 Å². The Hall–Kier alpha value is -1.61. The third kappa shape index (κ3) is 1.75. The number of likely N-dealkylation sites (N-methyl/N-ethyl adjacent to an activating group) is 1. The van der Waals surface area contributed by atoms with E-state index >= 15 is 0 Å². The summed E-state index contributed by atoms with van der Waals surface area (Å²) >= 11 is 0. The molecule has 0 radical (unpaired) electrons. The molecule has 3 rings (SSSR count). The Kier molecular flexibility index (Phi) is 2.71.